The maximum Gasteiger partial charge on any atom is 0.257 e. The molecule has 1 aromatic heterocycles. The van der Waals surface area contributed by atoms with Gasteiger partial charge in [0.2, 0.25) is 11.0 Å². The number of aromatic nitrogens is 2. The van der Waals surface area contributed by atoms with Crippen LogP contribution in [0.3, 0.4) is 0 Å². The topological polar surface area (TPSA) is 93.2 Å². The maximum atomic E-state index is 12.3. The number of benzene rings is 2. The molecule has 0 aliphatic heterocycles. The minimum atomic E-state index is -0.279. The molecule has 0 aliphatic rings. The highest BCUT2D eigenvalue weighted by molar-refractivity contribution is 8.01. The zero-order valence-corrected chi connectivity index (χ0v) is 18.5. The van der Waals surface area contributed by atoms with Crippen molar-refractivity contribution in [2.45, 2.75) is 25.1 Å². The van der Waals surface area contributed by atoms with Gasteiger partial charge in [0.15, 0.2) is 4.34 Å². The Hall–Kier alpha value is -2.91. The van der Waals surface area contributed by atoms with Gasteiger partial charge in [-0.15, -0.1) is 10.2 Å². The summed E-state index contributed by atoms with van der Waals surface area (Å²) in [4.78, 5) is 24.6. The zero-order chi connectivity index (χ0) is 21.5. The van der Waals surface area contributed by atoms with E-state index in [4.69, 9.17) is 4.74 Å². The lowest BCUT2D eigenvalue weighted by Gasteiger charge is -2.09. The van der Waals surface area contributed by atoms with Gasteiger partial charge in [0.05, 0.1) is 12.4 Å². The molecule has 2 amide bonds. The van der Waals surface area contributed by atoms with Crippen LogP contribution >= 0.6 is 23.1 Å². The number of rotatable bonds is 8. The number of ether oxygens (including phenoxy) is 1. The number of carbonyl (C=O) groups excluding carboxylic acids is 2. The van der Waals surface area contributed by atoms with Crippen LogP contribution in [0.4, 0.5) is 10.8 Å². The quantitative estimate of drug-likeness (QED) is 0.393. The minimum Gasteiger partial charge on any atom is -0.494 e. The van der Waals surface area contributed by atoms with Crippen LogP contribution in [-0.4, -0.2) is 34.4 Å². The monoisotopic (exact) mass is 442 g/mol. The van der Waals surface area contributed by atoms with Gasteiger partial charge < -0.3 is 10.1 Å². The van der Waals surface area contributed by atoms with Crippen molar-refractivity contribution in [3.05, 3.63) is 59.2 Å². The number of aryl methyl sites for hydroxylation is 1. The van der Waals surface area contributed by atoms with E-state index in [-0.39, 0.29) is 17.6 Å². The fourth-order valence-electron chi connectivity index (χ4n) is 2.56. The van der Waals surface area contributed by atoms with E-state index in [1.54, 1.807) is 24.3 Å². The third kappa shape index (κ3) is 5.80. The van der Waals surface area contributed by atoms with E-state index < -0.39 is 0 Å². The number of thioether (sulfide) groups is 1. The molecule has 0 aliphatic carbocycles. The molecule has 3 rings (SSSR count). The van der Waals surface area contributed by atoms with E-state index in [1.807, 2.05) is 39.0 Å². The molecule has 0 atom stereocenters. The SMILES string of the molecule is CCOc1ccc(C(=O)Nc2nnc(SCC(=O)Nc3cccc(C)c3C)s2)cc1. The van der Waals surface area contributed by atoms with Gasteiger partial charge in [0.1, 0.15) is 5.75 Å². The van der Waals surface area contributed by atoms with Crippen LogP contribution < -0.4 is 15.4 Å². The standard InChI is InChI=1S/C21H22N4O3S2/c1-4-28-16-10-8-15(9-11-16)19(27)23-20-24-25-21(30-20)29-12-18(26)22-17-7-5-6-13(2)14(17)3/h5-11H,4,12H2,1-3H3,(H,22,26)(H,23,24,27). The van der Waals surface area contributed by atoms with E-state index in [0.717, 1.165) is 16.8 Å². The maximum absolute atomic E-state index is 12.3. The number of carbonyl (C=O) groups is 2. The highest BCUT2D eigenvalue weighted by atomic mass is 32.2. The van der Waals surface area contributed by atoms with Crippen molar-refractivity contribution in [1.82, 2.24) is 10.2 Å². The number of amides is 2. The van der Waals surface area contributed by atoms with Crippen molar-refractivity contribution in [3.63, 3.8) is 0 Å². The summed E-state index contributed by atoms with van der Waals surface area (Å²) in [5.74, 6) is 0.513. The van der Waals surface area contributed by atoms with Crippen LogP contribution in [-0.2, 0) is 4.79 Å². The lowest BCUT2D eigenvalue weighted by molar-refractivity contribution is -0.113. The summed E-state index contributed by atoms with van der Waals surface area (Å²) in [6.07, 6.45) is 0. The Balaban J connectivity index is 1.51. The Morgan fingerprint density at radius 2 is 1.83 bits per heavy atom. The molecule has 156 valence electrons. The fraction of sp³-hybridized carbons (Fsp3) is 0.238. The Bertz CT molecular complexity index is 1030. The van der Waals surface area contributed by atoms with E-state index in [1.165, 1.54) is 23.1 Å². The minimum absolute atomic E-state index is 0.121. The molecule has 0 fully saturated rings. The predicted octanol–water partition coefficient (Wildman–Crippen LogP) is 4.54. The van der Waals surface area contributed by atoms with Gasteiger partial charge in [-0.25, -0.2) is 0 Å². The van der Waals surface area contributed by atoms with Crippen molar-refractivity contribution in [2.24, 2.45) is 0 Å². The normalized spacial score (nSPS) is 10.5. The molecule has 0 spiro atoms. The molecule has 30 heavy (non-hydrogen) atoms. The molecule has 7 nitrogen and oxygen atoms in total. The summed E-state index contributed by atoms with van der Waals surface area (Å²) in [5.41, 5.74) is 3.47. The van der Waals surface area contributed by atoms with Crippen LogP contribution in [0.5, 0.6) is 5.75 Å². The Labute approximate surface area is 183 Å². The van der Waals surface area contributed by atoms with Gasteiger partial charge in [-0.2, -0.15) is 0 Å². The molecule has 3 aromatic rings. The molecule has 0 bridgehead atoms. The van der Waals surface area contributed by atoms with Gasteiger partial charge in [-0.3, -0.25) is 14.9 Å². The lowest BCUT2D eigenvalue weighted by atomic mass is 10.1. The second-order valence-electron chi connectivity index (χ2n) is 6.37. The average molecular weight is 443 g/mol. The molecule has 0 unspecified atom stereocenters. The number of hydrogen-bond donors (Lipinski definition) is 2. The van der Waals surface area contributed by atoms with Gasteiger partial charge in [-0.05, 0) is 62.2 Å². The first-order valence-corrected chi connectivity index (χ1v) is 11.1. The van der Waals surface area contributed by atoms with Crippen molar-refractivity contribution in [1.29, 1.82) is 0 Å². The van der Waals surface area contributed by atoms with Crippen LogP contribution in [0.2, 0.25) is 0 Å². The summed E-state index contributed by atoms with van der Waals surface area (Å²) in [6, 6.07) is 12.7. The third-order valence-electron chi connectivity index (χ3n) is 4.26. The van der Waals surface area contributed by atoms with Crippen LogP contribution in [0.25, 0.3) is 0 Å². The number of anilines is 2. The summed E-state index contributed by atoms with van der Waals surface area (Å²) in [5, 5.41) is 14.0. The van der Waals surface area contributed by atoms with Crippen molar-refractivity contribution in [2.75, 3.05) is 23.0 Å². The van der Waals surface area contributed by atoms with Gasteiger partial charge in [0.25, 0.3) is 5.91 Å². The Kier molecular flexibility index (Phi) is 7.42. The van der Waals surface area contributed by atoms with Crippen LogP contribution in [0.15, 0.2) is 46.8 Å². The summed E-state index contributed by atoms with van der Waals surface area (Å²) in [7, 11) is 0. The van der Waals surface area contributed by atoms with Crippen molar-refractivity contribution < 1.29 is 14.3 Å². The largest absolute Gasteiger partial charge is 0.494 e. The van der Waals surface area contributed by atoms with E-state index in [0.29, 0.717) is 27.4 Å². The van der Waals surface area contributed by atoms with Crippen LogP contribution in [0.1, 0.15) is 28.4 Å². The first-order chi connectivity index (χ1) is 14.5. The first kappa shape index (κ1) is 21.8. The molecular formula is C21H22N4O3S2. The van der Waals surface area contributed by atoms with Gasteiger partial charge in [-0.1, -0.05) is 35.2 Å². The molecule has 2 N–H and O–H groups in total. The molecule has 9 heteroatoms. The van der Waals surface area contributed by atoms with E-state index in [2.05, 4.69) is 20.8 Å². The summed E-state index contributed by atoms with van der Waals surface area (Å²) in [6.45, 7) is 6.45. The zero-order valence-electron chi connectivity index (χ0n) is 16.9. The summed E-state index contributed by atoms with van der Waals surface area (Å²) >= 11 is 2.50. The molecule has 0 saturated carbocycles. The smallest absolute Gasteiger partial charge is 0.257 e. The van der Waals surface area contributed by atoms with Gasteiger partial charge >= 0.3 is 0 Å². The molecular weight excluding hydrogens is 420 g/mol. The lowest BCUT2D eigenvalue weighted by Crippen LogP contribution is -2.15. The highest BCUT2D eigenvalue weighted by Crippen LogP contribution is 2.26. The Morgan fingerprint density at radius 3 is 2.57 bits per heavy atom. The molecule has 0 saturated heterocycles. The molecule has 2 aromatic carbocycles. The number of hydrogen-bond acceptors (Lipinski definition) is 7. The highest BCUT2D eigenvalue weighted by Gasteiger charge is 2.13. The van der Waals surface area contributed by atoms with Gasteiger partial charge in [0, 0.05) is 11.3 Å². The van der Waals surface area contributed by atoms with E-state index in [9.17, 15) is 9.59 Å². The second-order valence-corrected chi connectivity index (χ2v) is 8.57. The predicted molar refractivity (Wildman–Crippen MR) is 121 cm³/mol. The van der Waals surface area contributed by atoms with Crippen molar-refractivity contribution in [3.8, 4) is 5.75 Å². The van der Waals surface area contributed by atoms with Crippen molar-refractivity contribution >= 4 is 45.7 Å². The fourth-order valence-corrected chi connectivity index (χ4v) is 4.10. The molecule has 0 radical (unpaired) electrons. The van der Waals surface area contributed by atoms with E-state index >= 15 is 0 Å². The second kappa shape index (κ2) is 10.2. The van der Waals surface area contributed by atoms with Crippen LogP contribution in [0, 0.1) is 13.8 Å². The summed E-state index contributed by atoms with van der Waals surface area (Å²) < 4.78 is 5.98. The molecule has 1 heterocycles. The Morgan fingerprint density at radius 1 is 1.07 bits per heavy atom. The number of nitrogens with zero attached hydrogens (tertiary/aromatic N) is 2. The average Bonchev–Trinajstić information content (AvgIpc) is 3.18. The first-order valence-electron chi connectivity index (χ1n) is 9.33. The third-order valence-corrected chi connectivity index (χ3v) is 6.23. The number of nitrogens with one attached hydrogen (secondary N) is 2.